The maximum Gasteiger partial charge on any atom is 0.306 e. The van der Waals surface area contributed by atoms with Gasteiger partial charge in [0.1, 0.15) is 13.2 Å². The van der Waals surface area contributed by atoms with Crippen LogP contribution in [0, 0.1) is 11.8 Å². The van der Waals surface area contributed by atoms with E-state index in [2.05, 4.69) is 34.6 Å². The molecule has 0 bridgehead atoms. The summed E-state index contributed by atoms with van der Waals surface area (Å²) in [6, 6.07) is 0. The second kappa shape index (κ2) is 41.1. The number of rotatable bonds is 42. The van der Waals surface area contributed by atoms with Crippen LogP contribution in [0.2, 0.25) is 0 Å². The summed E-state index contributed by atoms with van der Waals surface area (Å²) in [7, 11) is 0. The summed E-state index contributed by atoms with van der Waals surface area (Å²) >= 11 is 0. The van der Waals surface area contributed by atoms with Crippen molar-refractivity contribution in [2.24, 2.45) is 11.8 Å². The first-order valence-electron chi connectivity index (χ1n) is 23.7. The summed E-state index contributed by atoms with van der Waals surface area (Å²) in [6.07, 6.45) is 39.8. The molecule has 0 aliphatic heterocycles. The molecule has 0 N–H and O–H groups in total. The normalized spacial score (nSPS) is 12.1. The molecule has 0 aromatic carbocycles. The zero-order valence-corrected chi connectivity index (χ0v) is 36.8. The first kappa shape index (κ1) is 52.4. The predicted octanol–water partition coefficient (Wildman–Crippen LogP) is 15.0. The average Bonchev–Trinajstić information content (AvgIpc) is 3.14. The Bertz CT molecular complexity index is 824. The molecule has 0 aliphatic rings. The fourth-order valence-electron chi connectivity index (χ4n) is 7.11. The first-order chi connectivity index (χ1) is 26.2. The van der Waals surface area contributed by atoms with Gasteiger partial charge in [0, 0.05) is 19.3 Å². The van der Waals surface area contributed by atoms with Crippen molar-refractivity contribution < 1.29 is 28.6 Å². The van der Waals surface area contributed by atoms with Crippen molar-refractivity contribution in [1.82, 2.24) is 0 Å². The monoisotopic (exact) mass is 765 g/mol. The van der Waals surface area contributed by atoms with Gasteiger partial charge in [-0.05, 0) is 31.1 Å². The van der Waals surface area contributed by atoms with Crippen LogP contribution in [0.4, 0.5) is 0 Å². The quantitative estimate of drug-likeness (QED) is 0.0350. The van der Waals surface area contributed by atoms with E-state index in [-0.39, 0.29) is 31.1 Å². The minimum absolute atomic E-state index is 0.0658. The highest BCUT2D eigenvalue weighted by Crippen LogP contribution is 2.17. The SMILES string of the molecule is CCCCCCCC(=O)O[C@H](COC(=O)CCCCCCCCCCCCCCCCCC(C)C)COC(=O)CCCCCCCCCCCCC(C)C. The Morgan fingerprint density at radius 3 is 0.907 bits per heavy atom. The van der Waals surface area contributed by atoms with E-state index >= 15 is 0 Å². The minimum Gasteiger partial charge on any atom is -0.462 e. The molecule has 6 heteroatoms. The molecule has 0 aliphatic carbocycles. The van der Waals surface area contributed by atoms with Gasteiger partial charge in [0.2, 0.25) is 0 Å². The van der Waals surface area contributed by atoms with Crippen LogP contribution in [0.3, 0.4) is 0 Å². The fraction of sp³-hybridized carbons (Fsp3) is 0.938. The van der Waals surface area contributed by atoms with Gasteiger partial charge in [-0.25, -0.2) is 0 Å². The van der Waals surface area contributed by atoms with Crippen LogP contribution in [0.5, 0.6) is 0 Å². The van der Waals surface area contributed by atoms with Crippen molar-refractivity contribution in [2.75, 3.05) is 13.2 Å². The van der Waals surface area contributed by atoms with Gasteiger partial charge in [0.25, 0.3) is 0 Å². The molecule has 0 saturated carbocycles. The molecule has 1 atom stereocenters. The molecule has 54 heavy (non-hydrogen) atoms. The number of esters is 3. The fourth-order valence-corrected chi connectivity index (χ4v) is 7.11. The van der Waals surface area contributed by atoms with Crippen molar-refractivity contribution in [2.45, 2.75) is 265 Å². The Morgan fingerprint density at radius 1 is 0.352 bits per heavy atom. The van der Waals surface area contributed by atoms with Gasteiger partial charge in [-0.2, -0.15) is 0 Å². The van der Waals surface area contributed by atoms with Crippen molar-refractivity contribution >= 4 is 17.9 Å². The molecule has 0 aromatic rings. The van der Waals surface area contributed by atoms with E-state index in [0.717, 1.165) is 76.0 Å². The third kappa shape index (κ3) is 41.6. The maximum absolute atomic E-state index is 12.5. The van der Waals surface area contributed by atoms with Crippen LogP contribution in [0.1, 0.15) is 259 Å². The number of unbranched alkanes of at least 4 members (excludes halogenated alkanes) is 27. The number of hydrogen-bond donors (Lipinski definition) is 0. The molecule has 0 spiro atoms. The molecule has 6 nitrogen and oxygen atoms in total. The number of ether oxygens (including phenoxy) is 3. The third-order valence-corrected chi connectivity index (χ3v) is 10.7. The van der Waals surface area contributed by atoms with Crippen molar-refractivity contribution in [3.63, 3.8) is 0 Å². The van der Waals surface area contributed by atoms with Crippen LogP contribution < -0.4 is 0 Å². The van der Waals surface area contributed by atoms with Crippen LogP contribution >= 0.6 is 0 Å². The molecule has 0 aromatic heterocycles. The molecule has 0 amide bonds. The van der Waals surface area contributed by atoms with E-state index in [4.69, 9.17) is 14.2 Å². The summed E-state index contributed by atoms with van der Waals surface area (Å²) in [6.45, 7) is 11.3. The predicted molar refractivity (Wildman–Crippen MR) is 229 cm³/mol. The zero-order valence-electron chi connectivity index (χ0n) is 36.8. The highest BCUT2D eigenvalue weighted by Gasteiger charge is 2.19. The lowest BCUT2D eigenvalue weighted by atomic mass is 10.0. The second-order valence-electron chi connectivity index (χ2n) is 17.3. The average molecular weight is 765 g/mol. The van der Waals surface area contributed by atoms with Gasteiger partial charge in [0.05, 0.1) is 0 Å². The Hall–Kier alpha value is -1.59. The molecule has 0 fully saturated rings. The Balaban J connectivity index is 4.09. The van der Waals surface area contributed by atoms with Crippen molar-refractivity contribution in [1.29, 1.82) is 0 Å². The molecule has 0 heterocycles. The van der Waals surface area contributed by atoms with Gasteiger partial charge < -0.3 is 14.2 Å². The molecule has 0 rings (SSSR count). The van der Waals surface area contributed by atoms with Crippen LogP contribution in [0.15, 0.2) is 0 Å². The Kier molecular flexibility index (Phi) is 39.8. The number of carbonyl (C=O) groups excluding carboxylic acids is 3. The van der Waals surface area contributed by atoms with Crippen LogP contribution in [-0.4, -0.2) is 37.2 Å². The lowest BCUT2D eigenvalue weighted by Crippen LogP contribution is -2.30. The molecule has 0 radical (unpaired) electrons. The highest BCUT2D eigenvalue weighted by atomic mass is 16.6. The van der Waals surface area contributed by atoms with E-state index in [1.807, 2.05) is 0 Å². The summed E-state index contributed by atoms with van der Waals surface area (Å²) in [4.78, 5) is 37.5. The summed E-state index contributed by atoms with van der Waals surface area (Å²) in [5.74, 6) is 0.799. The summed E-state index contributed by atoms with van der Waals surface area (Å²) < 4.78 is 16.6. The smallest absolute Gasteiger partial charge is 0.306 e. The van der Waals surface area contributed by atoms with E-state index < -0.39 is 6.10 Å². The Morgan fingerprint density at radius 2 is 0.611 bits per heavy atom. The first-order valence-corrected chi connectivity index (χ1v) is 23.7. The van der Waals surface area contributed by atoms with E-state index in [0.29, 0.717) is 19.3 Å². The van der Waals surface area contributed by atoms with Gasteiger partial charge >= 0.3 is 17.9 Å². The highest BCUT2D eigenvalue weighted by molar-refractivity contribution is 5.71. The van der Waals surface area contributed by atoms with E-state index in [1.54, 1.807) is 0 Å². The van der Waals surface area contributed by atoms with E-state index in [9.17, 15) is 14.4 Å². The molecule has 0 unspecified atom stereocenters. The molecular weight excluding hydrogens is 673 g/mol. The van der Waals surface area contributed by atoms with Gasteiger partial charge in [0.15, 0.2) is 6.10 Å². The van der Waals surface area contributed by atoms with Crippen LogP contribution in [-0.2, 0) is 28.6 Å². The van der Waals surface area contributed by atoms with E-state index in [1.165, 1.54) is 141 Å². The second-order valence-corrected chi connectivity index (χ2v) is 17.3. The van der Waals surface area contributed by atoms with Gasteiger partial charge in [-0.3, -0.25) is 14.4 Å². The largest absolute Gasteiger partial charge is 0.462 e. The molecule has 0 saturated heterocycles. The lowest BCUT2D eigenvalue weighted by molar-refractivity contribution is -0.167. The summed E-state index contributed by atoms with van der Waals surface area (Å²) in [5, 5.41) is 0. The standard InChI is InChI=1S/C48H92O6/c1-6-7-8-26-35-40-48(51)54-45(42-53-47(50)39-34-30-25-21-17-16-19-23-28-32-37-44(4)5)41-52-46(49)38-33-29-24-20-15-13-11-9-10-12-14-18-22-27-31-36-43(2)3/h43-45H,6-42H2,1-5H3/t45-/m1/s1. The number of hydrogen-bond acceptors (Lipinski definition) is 6. The number of carbonyl (C=O) groups is 3. The molecule has 320 valence electrons. The minimum atomic E-state index is -0.758. The summed E-state index contributed by atoms with van der Waals surface area (Å²) in [5.41, 5.74) is 0. The van der Waals surface area contributed by atoms with Crippen molar-refractivity contribution in [3.05, 3.63) is 0 Å². The lowest BCUT2D eigenvalue weighted by Gasteiger charge is -2.18. The third-order valence-electron chi connectivity index (χ3n) is 10.7. The van der Waals surface area contributed by atoms with Crippen molar-refractivity contribution in [3.8, 4) is 0 Å². The molecular formula is C48H92O6. The maximum atomic E-state index is 12.5. The zero-order chi connectivity index (χ0) is 39.7. The van der Waals surface area contributed by atoms with Gasteiger partial charge in [-0.1, -0.05) is 221 Å². The topological polar surface area (TPSA) is 78.9 Å². The van der Waals surface area contributed by atoms with Crippen LogP contribution in [0.25, 0.3) is 0 Å². The van der Waals surface area contributed by atoms with Gasteiger partial charge in [-0.15, -0.1) is 0 Å². The Labute approximate surface area is 336 Å².